The molecule has 35 heavy (non-hydrogen) atoms. The molecule has 2 aromatic rings. The molecular weight excluding hydrogens is 448 g/mol. The van der Waals surface area contributed by atoms with Crippen molar-refractivity contribution in [2.24, 2.45) is 11.3 Å². The lowest BCUT2D eigenvalue weighted by atomic mass is 9.83. The summed E-state index contributed by atoms with van der Waals surface area (Å²) in [5, 5.41) is 14.9. The molecule has 1 aliphatic carbocycles. The summed E-state index contributed by atoms with van der Waals surface area (Å²) < 4.78 is 11.1. The fraction of sp³-hybridized carbons (Fsp3) is 0.444. The van der Waals surface area contributed by atoms with Gasteiger partial charge in [0, 0.05) is 5.92 Å². The molecule has 3 unspecified atom stereocenters. The molecule has 0 aromatic heterocycles. The molecule has 0 radical (unpaired) electrons. The molecule has 3 N–H and O–H groups in total. The topological polar surface area (TPSA) is 114 Å². The van der Waals surface area contributed by atoms with Gasteiger partial charge in [-0.25, -0.2) is 9.59 Å². The molecule has 1 aliphatic heterocycles. The first-order valence-electron chi connectivity index (χ1n) is 11.9. The average Bonchev–Trinajstić information content (AvgIpc) is 3.35. The molecular formula is C27H32N2O6. The van der Waals surface area contributed by atoms with Gasteiger partial charge in [0.15, 0.2) is 0 Å². The number of hydrogen-bond donors (Lipinski definition) is 3. The van der Waals surface area contributed by atoms with E-state index in [4.69, 9.17) is 9.47 Å². The standard InChI is InChI=1S/C27H32N2O6/c1-16(2)12-22(24(30)31)28-25(32)27(3)15-34-14-23(27)29-26(33)35-13-21-19-10-6-4-8-17(19)18-9-5-7-11-20(18)21/h4-11,16,21-23H,12-15H2,1-3H3,(H,28,32)(H,29,33)(H,30,31). The number of aliphatic carboxylic acids is 1. The molecule has 4 rings (SSSR count). The lowest BCUT2D eigenvalue weighted by Gasteiger charge is -2.30. The maximum Gasteiger partial charge on any atom is 0.407 e. The first kappa shape index (κ1) is 24.7. The summed E-state index contributed by atoms with van der Waals surface area (Å²) in [5.41, 5.74) is 3.38. The molecule has 1 heterocycles. The van der Waals surface area contributed by atoms with Crippen molar-refractivity contribution in [2.45, 2.75) is 45.2 Å². The van der Waals surface area contributed by atoms with Gasteiger partial charge >= 0.3 is 12.1 Å². The first-order valence-corrected chi connectivity index (χ1v) is 11.9. The molecule has 1 fully saturated rings. The third kappa shape index (κ3) is 5.03. The minimum atomic E-state index is -1.11. The van der Waals surface area contributed by atoms with Crippen LogP contribution in [0.5, 0.6) is 0 Å². The van der Waals surface area contributed by atoms with Crippen LogP contribution in [0.1, 0.15) is 44.2 Å². The second kappa shape index (κ2) is 10.1. The van der Waals surface area contributed by atoms with Crippen LogP contribution < -0.4 is 10.6 Å². The zero-order chi connectivity index (χ0) is 25.2. The highest BCUT2D eigenvalue weighted by Crippen LogP contribution is 2.44. The fourth-order valence-corrected chi connectivity index (χ4v) is 4.90. The largest absolute Gasteiger partial charge is 0.480 e. The Morgan fingerprint density at radius 1 is 1.09 bits per heavy atom. The van der Waals surface area contributed by atoms with Crippen LogP contribution in [0.15, 0.2) is 48.5 Å². The lowest BCUT2D eigenvalue weighted by molar-refractivity contribution is -0.144. The van der Waals surface area contributed by atoms with Crippen LogP contribution in [0.4, 0.5) is 4.79 Å². The van der Waals surface area contributed by atoms with E-state index >= 15 is 0 Å². The quantitative estimate of drug-likeness (QED) is 0.533. The lowest BCUT2D eigenvalue weighted by Crippen LogP contribution is -2.56. The minimum Gasteiger partial charge on any atom is -0.480 e. The number of carboxylic acids is 1. The molecule has 2 aromatic carbocycles. The number of ether oxygens (including phenoxy) is 2. The van der Waals surface area contributed by atoms with Gasteiger partial charge in [-0.2, -0.15) is 0 Å². The predicted octanol–water partition coefficient (Wildman–Crippen LogP) is 3.55. The normalized spacial score (nSPS) is 21.8. The Labute approximate surface area is 205 Å². The van der Waals surface area contributed by atoms with Crippen molar-refractivity contribution in [1.29, 1.82) is 0 Å². The van der Waals surface area contributed by atoms with E-state index in [-0.39, 0.29) is 31.7 Å². The molecule has 186 valence electrons. The number of hydrogen-bond acceptors (Lipinski definition) is 5. The summed E-state index contributed by atoms with van der Waals surface area (Å²) in [6.45, 7) is 5.81. The van der Waals surface area contributed by atoms with Crippen molar-refractivity contribution in [3.8, 4) is 11.1 Å². The molecule has 8 heteroatoms. The zero-order valence-electron chi connectivity index (χ0n) is 20.2. The Morgan fingerprint density at radius 2 is 1.69 bits per heavy atom. The Bertz CT molecular complexity index is 1070. The number of alkyl carbamates (subject to hydrolysis) is 1. The monoisotopic (exact) mass is 480 g/mol. The molecule has 0 spiro atoms. The average molecular weight is 481 g/mol. The van der Waals surface area contributed by atoms with Gasteiger partial charge < -0.3 is 25.2 Å². The molecule has 8 nitrogen and oxygen atoms in total. The Kier molecular flexibility index (Phi) is 7.12. The first-order chi connectivity index (χ1) is 16.7. The van der Waals surface area contributed by atoms with Crippen molar-refractivity contribution in [3.05, 3.63) is 59.7 Å². The molecule has 2 amide bonds. The Balaban J connectivity index is 1.40. The third-order valence-corrected chi connectivity index (χ3v) is 6.92. The van der Waals surface area contributed by atoms with Gasteiger partial charge in [0.05, 0.1) is 24.7 Å². The van der Waals surface area contributed by atoms with Crippen LogP contribution in [0.25, 0.3) is 11.1 Å². The van der Waals surface area contributed by atoms with Crippen molar-refractivity contribution in [3.63, 3.8) is 0 Å². The molecule has 1 saturated heterocycles. The van der Waals surface area contributed by atoms with E-state index in [0.29, 0.717) is 6.42 Å². The van der Waals surface area contributed by atoms with Crippen LogP contribution in [0, 0.1) is 11.3 Å². The highest BCUT2D eigenvalue weighted by molar-refractivity contribution is 5.88. The summed E-state index contributed by atoms with van der Waals surface area (Å²) in [4.78, 5) is 37.4. The molecule has 0 saturated carbocycles. The van der Waals surface area contributed by atoms with Gasteiger partial charge in [0.25, 0.3) is 0 Å². The van der Waals surface area contributed by atoms with Crippen LogP contribution >= 0.6 is 0 Å². The summed E-state index contributed by atoms with van der Waals surface area (Å²) in [6.07, 6.45) is -0.332. The number of rotatable bonds is 8. The van der Waals surface area contributed by atoms with E-state index in [1.54, 1.807) is 6.92 Å². The van der Waals surface area contributed by atoms with Gasteiger partial charge in [-0.15, -0.1) is 0 Å². The second-order valence-electron chi connectivity index (χ2n) is 9.95. The maximum atomic E-state index is 13.1. The van der Waals surface area contributed by atoms with E-state index in [0.717, 1.165) is 22.3 Å². The van der Waals surface area contributed by atoms with E-state index < -0.39 is 35.5 Å². The van der Waals surface area contributed by atoms with Crippen LogP contribution in [0.3, 0.4) is 0 Å². The molecule has 2 aliphatic rings. The summed E-state index contributed by atoms with van der Waals surface area (Å²) in [6, 6.07) is 14.5. The fourth-order valence-electron chi connectivity index (χ4n) is 4.90. The van der Waals surface area contributed by atoms with Crippen molar-refractivity contribution >= 4 is 18.0 Å². The second-order valence-corrected chi connectivity index (χ2v) is 9.95. The minimum absolute atomic E-state index is 0.0706. The van der Waals surface area contributed by atoms with E-state index in [1.165, 1.54) is 0 Å². The van der Waals surface area contributed by atoms with Gasteiger partial charge in [0.2, 0.25) is 5.91 Å². The van der Waals surface area contributed by atoms with E-state index in [9.17, 15) is 19.5 Å². The van der Waals surface area contributed by atoms with Crippen LogP contribution in [-0.4, -0.2) is 55.0 Å². The number of carbonyl (C=O) groups is 3. The molecule has 3 atom stereocenters. The number of fused-ring (bicyclic) bond motifs is 3. The SMILES string of the molecule is CC(C)CC(NC(=O)C1(C)COCC1NC(=O)OCC1c2ccccc2-c2ccccc21)C(=O)O. The number of carbonyl (C=O) groups excluding carboxylic acids is 2. The zero-order valence-corrected chi connectivity index (χ0v) is 20.2. The summed E-state index contributed by atoms with van der Waals surface area (Å²) >= 11 is 0. The van der Waals surface area contributed by atoms with Gasteiger partial charge in [0.1, 0.15) is 12.6 Å². The van der Waals surface area contributed by atoms with Crippen molar-refractivity contribution in [1.82, 2.24) is 10.6 Å². The van der Waals surface area contributed by atoms with Gasteiger partial charge in [-0.05, 0) is 41.5 Å². The highest BCUT2D eigenvalue weighted by atomic mass is 16.5. The van der Waals surface area contributed by atoms with Crippen molar-refractivity contribution in [2.75, 3.05) is 19.8 Å². The third-order valence-electron chi connectivity index (χ3n) is 6.92. The number of amides is 2. The van der Waals surface area contributed by atoms with Crippen LogP contribution in [-0.2, 0) is 19.1 Å². The Morgan fingerprint density at radius 3 is 2.26 bits per heavy atom. The van der Waals surface area contributed by atoms with E-state index in [1.807, 2.05) is 50.2 Å². The number of carboxylic acid groups (broad SMARTS) is 1. The van der Waals surface area contributed by atoms with Crippen LogP contribution in [0.2, 0.25) is 0 Å². The predicted molar refractivity (Wildman–Crippen MR) is 130 cm³/mol. The van der Waals surface area contributed by atoms with E-state index in [2.05, 4.69) is 22.8 Å². The van der Waals surface area contributed by atoms with Gasteiger partial charge in [-0.3, -0.25) is 4.79 Å². The van der Waals surface area contributed by atoms with Crippen molar-refractivity contribution < 1.29 is 29.0 Å². The number of benzene rings is 2. The summed E-state index contributed by atoms with van der Waals surface area (Å²) in [5.74, 6) is -1.53. The van der Waals surface area contributed by atoms with Gasteiger partial charge in [-0.1, -0.05) is 62.4 Å². The number of nitrogens with one attached hydrogen (secondary N) is 2. The maximum absolute atomic E-state index is 13.1. The Hall–Kier alpha value is -3.39. The summed E-state index contributed by atoms with van der Waals surface area (Å²) in [7, 11) is 0. The molecule has 0 bridgehead atoms. The smallest absolute Gasteiger partial charge is 0.407 e. The highest BCUT2D eigenvalue weighted by Gasteiger charge is 2.48.